The monoisotopic (exact) mass is 403 g/mol. The lowest BCUT2D eigenvalue weighted by atomic mass is 9.93. The molecule has 4 rings (SSSR count). The highest BCUT2D eigenvalue weighted by Crippen LogP contribution is 2.33. The Morgan fingerprint density at radius 3 is 2.69 bits per heavy atom. The fraction of sp³-hybridized carbons (Fsp3) is 0.174. The van der Waals surface area contributed by atoms with Crippen molar-refractivity contribution in [2.45, 2.75) is 26.3 Å². The fourth-order valence-corrected chi connectivity index (χ4v) is 4.30. The van der Waals surface area contributed by atoms with Crippen molar-refractivity contribution in [3.63, 3.8) is 0 Å². The molecule has 1 unspecified atom stereocenters. The molecular weight excluding hydrogens is 382 g/mol. The van der Waals surface area contributed by atoms with Crippen molar-refractivity contribution in [3.8, 4) is 11.3 Å². The smallest absolute Gasteiger partial charge is 0.228 e. The first-order chi connectivity index (χ1) is 14.0. The molecule has 29 heavy (non-hydrogen) atoms. The quantitative estimate of drug-likeness (QED) is 0.665. The molecule has 0 spiro atoms. The summed E-state index contributed by atoms with van der Waals surface area (Å²) in [5, 5.41) is 5.40. The maximum atomic E-state index is 12.8. The third-order valence-corrected chi connectivity index (χ3v) is 5.78. The van der Waals surface area contributed by atoms with Crippen LogP contribution in [0.15, 0.2) is 60.1 Å². The van der Waals surface area contributed by atoms with Gasteiger partial charge in [0, 0.05) is 24.1 Å². The van der Waals surface area contributed by atoms with Gasteiger partial charge in [0.2, 0.25) is 11.8 Å². The van der Waals surface area contributed by atoms with Gasteiger partial charge in [-0.25, -0.2) is 4.98 Å². The molecule has 1 N–H and O–H groups in total. The van der Waals surface area contributed by atoms with Crippen molar-refractivity contribution < 1.29 is 9.59 Å². The molecule has 1 atom stereocenters. The van der Waals surface area contributed by atoms with Crippen molar-refractivity contribution in [2.24, 2.45) is 0 Å². The van der Waals surface area contributed by atoms with Crippen LogP contribution < -0.4 is 5.32 Å². The summed E-state index contributed by atoms with van der Waals surface area (Å²) in [6, 6.07) is 15.5. The first-order valence-corrected chi connectivity index (χ1v) is 10.3. The number of thiazole rings is 1. The lowest BCUT2D eigenvalue weighted by molar-refractivity contribution is -0.129. The number of nitrogens with zero attached hydrogens (tertiary/aromatic N) is 2. The van der Waals surface area contributed by atoms with Gasteiger partial charge in [-0.1, -0.05) is 48.5 Å². The Balaban J connectivity index is 1.52. The zero-order valence-corrected chi connectivity index (χ0v) is 17.1. The third-order valence-electron chi connectivity index (χ3n) is 5.02. The fourth-order valence-electron chi connectivity index (χ4n) is 3.57. The Hall–Kier alpha value is -3.25. The number of benzene rings is 2. The summed E-state index contributed by atoms with van der Waals surface area (Å²) in [7, 11) is 0. The molecule has 2 aromatic carbocycles. The van der Waals surface area contributed by atoms with Gasteiger partial charge in [0.1, 0.15) is 0 Å². The lowest BCUT2D eigenvalue weighted by Gasteiger charge is -2.32. The second-order valence-corrected chi connectivity index (χ2v) is 7.85. The molecule has 0 saturated carbocycles. The van der Waals surface area contributed by atoms with Gasteiger partial charge in [-0.15, -0.1) is 11.3 Å². The van der Waals surface area contributed by atoms with Crippen molar-refractivity contribution in [1.29, 1.82) is 0 Å². The summed E-state index contributed by atoms with van der Waals surface area (Å²) in [5.74, 6) is -0.262. The molecule has 0 fully saturated rings. The maximum Gasteiger partial charge on any atom is 0.228 e. The minimum atomic E-state index is -0.329. The normalized spacial score (nSPS) is 15.1. The van der Waals surface area contributed by atoms with Crippen molar-refractivity contribution >= 4 is 34.4 Å². The van der Waals surface area contributed by atoms with Gasteiger partial charge < -0.3 is 10.2 Å². The van der Waals surface area contributed by atoms with Crippen molar-refractivity contribution in [2.75, 3.05) is 5.32 Å². The van der Waals surface area contributed by atoms with E-state index in [1.807, 2.05) is 66.9 Å². The van der Waals surface area contributed by atoms with Crippen LogP contribution in [0.3, 0.4) is 0 Å². The van der Waals surface area contributed by atoms with Crippen LogP contribution in [0.25, 0.3) is 17.3 Å². The Kier molecular flexibility index (Phi) is 5.27. The second-order valence-electron chi connectivity index (χ2n) is 6.99. The van der Waals surface area contributed by atoms with Gasteiger partial charge in [-0.2, -0.15) is 0 Å². The zero-order valence-electron chi connectivity index (χ0n) is 16.3. The molecule has 1 aliphatic heterocycles. The van der Waals surface area contributed by atoms with E-state index < -0.39 is 0 Å². The first kappa shape index (κ1) is 19.1. The minimum Gasteiger partial charge on any atom is -0.311 e. The maximum absolute atomic E-state index is 12.8. The van der Waals surface area contributed by atoms with Crippen LogP contribution in [0.5, 0.6) is 0 Å². The average Bonchev–Trinajstić information content (AvgIpc) is 3.16. The number of anilines is 1. The summed E-state index contributed by atoms with van der Waals surface area (Å²) in [5.41, 5.74) is 5.04. The molecule has 146 valence electrons. The summed E-state index contributed by atoms with van der Waals surface area (Å²) in [4.78, 5) is 31.0. The number of aryl methyl sites for hydroxylation is 1. The molecule has 0 aliphatic carbocycles. The van der Waals surface area contributed by atoms with Crippen LogP contribution in [0.1, 0.15) is 36.1 Å². The van der Waals surface area contributed by atoms with E-state index in [9.17, 15) is 9.59 Å². The number of nitrogens with one attached hydrogen (secondary N) is 1. The highest BCUT2D eigenvalue weighted by Gasteiger charge is 2.28. The van der Waals surface area contributed by atoms with Crippen LogP contribution >= 0.6 is 11.3 Å². The number of rotatable bonds is 4. The van der Waals surface area contributed by atoms with E-state index in [4.69, 9.17) is 0 Å². The van der Waals surface area contributed by atoms with Crippen LogP contribution in [0.2, 0.25) is 0 Å². The van der Waals surface area contributed by atoms with Gasteiger partial charge in [-0.05, 0) is 29.7 Å². The van der Waals surface area contributed by atoms with Gasteiger partial charge in [0.25, 0.3) is 0 Å². The second kappa shape index (κ2) is 8.01. The van der Waals surface area contributed by atoms with E-state index in [1.165, 1.54) is 18.3 Å². The summed E-state index contributed by atoms with van der Waals surface area (Å²) in [6.07, 6.45) is 3.82. The van der Waals surface area contributed by atoms with Gasteiger partial charge in [0.15, 0.2) is 5.13 Å². The van der Waals surface area contributed by atoms with E-state index >= 15 is 0 Å². The van der Waals surface area contributed by atoms with Crippen molar-refractivity contribution in [3.05, 3.63) is 76.8 Å². The lowest BCUT2D eigenvalue weighted by Crippen LogP contribution is -2.33. The largest absolute Gasteiger partial charge is 0.311 e. The molecule has 0 saturated heterocycles. The molecular formula is C23H21N3O2S. The molecule has 1 aliphatic rings. The predicted octanol–water partition coefficient (Wildman–Crippen LogP) is 5.02. The number of aromatic nitrogens is 1. The number of hydrogen-bond acceptors (Lipinski definition) is 4. The summed E-state index contributed by atoms with van der Waals surface area (Å²) in [6.45, 7) is 3.55. The van der Waals surface area contributed by atoms with Crippen LogP contribution in [-0.2, 0) is 9.59 Å². The highest BCUT2D eigenvalue weighted by atomic mass is 32.1. The van der Waals surface area contributed by atoms with E-state index in [0.29, 0.717) is 5.13 Å². The number of hydrogen-bond donors (Lipinski definition) is 1. The summed E-state index contributed by atoms with van der Waals surface area (Å²) >= 11 is 1.40. The first-order valence-electron chi connectivity index (χ1n) is 9.40. The van der Waals surface area contributed by atoms with Crippen LogP contribution in [0.4, 0.5) is 5.13 Å². The Morgan fingerprint density at radius 2 is 1.90 bits per heavy atom. The molecule has 5 nitrogen and oxygen atoms in total. The van der Waals surface area contributed by atoms with Gasteiger partial charge in [0.05, 0.1) is 18.2 Å². The molecule has 0 bridgehead atoms. The van der Waals surface area contributed by atoms with E-state index in [0.717, 1.165) is 27.9 Å². The minimum absolute atomic E-state index is 0.0929. The standard InChI is InChI=1S/C23H21N3O2S/c1-15-7-3-5-9-18(15)20-14-29-23(24-20)25-22(28)13-21-19-10-6-4-8-17(19)11-12-26(21)16(2)27/h3-12,14,21H,13H2,1-2H3,(H,24,25,28). The summed E-state index contributed by atoms with van der Waals surface area (Å²) < 4.78 is 0. The molecule has 2 amide bonds. The van der Waals surface area contributed by atoms with Crippen LogP contribution in [0, 0.1) is 6.92 Å². The van der Waals surface area contributed by atoms with E-state index in [1.54, 1.807) is 11.1 Å². The van der Waals surface area contributed by atoms with Crippen molar-refractivity contribution in [1.82, 2.24) is 9.88 Å². The topological polar surface area (TPSA) is 62.3 Å². The van der Waals surface area contributed by atoms with Crippen LogP contribution in [-0.4, -0.2) is 21.7 Å². The molecule has 0 radical (unpaired) electrons. The highest BCUT2D eigenvalue weighted by molar-refractivity contribution is 7.14. The number of carbonyl (C=O) groups excluding carboxylic acids is 2. The molecule has 1 aromatic heterocycles. The van der Waals surface area contributed by atoms with Gasteiger partial charge >= 0.3 is 0 Å². The van der Waals surface area contributed by atoms with E-state index in [2.05, 4.69) is 10.3 Å². The SMILES string of the molecule is CC(=O)N1C=Cc2ccccc2C1CC(=O)Nc1nc(-c2ccccc2C)cs1. The zero-order chi connectivity index (χ0) is 20.4. The Labute approximate surface area is 173 Å². The number of fused-ring (bicyclic) bond motifs is 1. The number of amides is 2. The predicted molar refractivity (Wildman–Crippen MR) is 116 cm³/mol. The third kappa shape index (κ3) is 3.98. The Morgan fingerprint density at radius 1 is 1.14 bits per heavy atom. The van der Waals surface area contributed by atoms with Gasteiger partial charge in [-0.3, -0.25) is 9.59 Å². The molecule has 6 heteroatoms. The molecule has 3 aromatic rings. The molecule has 2 heterocycles. The van der Waals surface area contributed by atoms with E-state index in [-0.39, 0.29) is 24.3 Å². The Bertz CT molecular complexity index is 1100. The average molecular weight is 404 g/mol. The number of carbonyl (C=O) groups is 2.